The molecule has 0 aliphatic carbocycles. The number of nitrogens with one attached hydrogen (secondary N) is 2. The van der Waals surface area contributed by atoms with Crippen LogP contribution in [-0.4, -0.2) is 48.4 Å². The molecule has 1 aliphatic heterocycles. The molecule has 4 aromatic carbocycles. The summed E-state index contributed by atoms with van der Waals surface area (Å²) < 4.78 is 0. The van der Waals surface area contributed by atoms with E-state index in [9.17, 15) is 9.59 Å². The van der Waals surface area contributed by atoms with Gasteiger partial charge in [-0.05, 0) is 65.0 Å². The third kappa shape index (κ3) is 6.04. The predicted molar refractivity (Wildman–Crippen MR) is 154 cm³/mol. The van der Waals surface area contributed by atoms with Crippen LogP contribution in [0.3, 0.4) is 0 Å². The van der Waals surface area contributed by atoms with E-state index >= 15 is 0 Å². The molecule has 0 aromatic heterocycles. The Morgan fingerprint density at radius 1 is 0.921 bits per heavy atom. The second-order valence-corrected chi connectivity index (χ2v) is 10.2. The van der Waals surface area contributed by atoms with Gasteiger partial charge < -0.3 is 21.3 Å². The highest BCUT2D eigenvalue weighted by atomic mass is 16.2. The molecule has 196 valence electrons. The molecule has 4 N–H and O–H groups in total. The molecule has 1 aliphatic rings. The Morgan fingerprint density at radius 3 is 2.53 bits per heavy atom. The molecule has 0 bridgehead atoms. The molecule has 0 unspecified atom stereocenters. The standard InChI is InChI=1S/C32H36N4O2/c33-18-6-5-14-30-32(38)36(22-27-12-7-11-24-9-3-4-13-29(24)27)19-17-28(35-30)21-34-31(37)26-16-15-23-8-1-2-10-25(23)20-26/h1-4,7-13,15-16,20,28,30,35H,5-6,14,17-19,21-22,33H2,(H,34,37)/t28-,30-/m0/s1. The highest BCUT2D eigenvalue weighted by Crippen LogP contribution is 2.22. The molecule has 1 saturated heterocycles. The Labute approximate surface area is 224 Å². The Morgan fingerprint density at radius 2 is 1.68 bits per heavy atom. The van der Waals surface area contributed by atoms with Crippen molar-refractivity contribution < 1.29 is 9.59 Å². The number of nitrogens with two attached hydrogens (primary N) is 1. The molecule has 1 fully saturated rings. The first kappa shape index (κ1) is 25.9. The van der Waals surface area contributed by atoms with Crippen LogP contribution in [0, 0.1) is 0 Å². The molecule has 0 saturated carbocycles. The topological polar surface area (TPSA) is 87.5 Å². The molecular formula is C32H36N4O2. The van der Waals surface area contributed by atoms with Gasteiger partial charge >= 0.3 is 0 Å². The summed E-state index contributed by atoms with van der Waals surface area (Å²) >= 11 is 0. The van der Waals surface area contributed by atoms with E-state index in [4.69, 9.17) is 5.73 Å². The van der Waals surface area contributed by atoms with E-state index in [2.05, 4.69) is 41.0 Å². The summed E-state index contributed by atoms with van der Waals surface area (Å²) in [6.45, 7) is 2.30. The molecule has 1 heterocycles. The molecule has 0 spiro atoms. The number of amides is 2. The predicted octanol–water partition coefficient (Wildman–Crippen LogP) is 4.61. The van der Waals surface area contributed by atoms with Gasteiger partial charge in [-0.1, -0.05) is 79.2 Å². The normalized spacial score (nSPS) is 18.0. The van der Waals surface area contributed by atoms with E-state index in [0.717, 1.165) is 42.0 Å². The van der Waals surface area contributed by atoms with Crippen LogP contribution in [0.5, 0.6) is 0 Å². The van der Waals surface area contributed by atoms with E-state index in [1.807, 2.05) is 59.5 Å². The maximum atomic E-state index is 13.7. The Bertz CT molecular complexity index is 1410. The van der Waals surface area contributed by atoms with Crippen molar-refractivity contribution >= 4 is 33.4 Å². The van der Waals surface area contributed by atoms with Gasteiger partial charge in [-0.3, -0.25) is 9.59 Å². The maximum absolute atomic E-state index is 13.7. The number of hydrogen-bond acceptors (Lipinski definition) is 4. The molecule has 38 heavy (non-hydrogen) atoms. The number of nitrogens with zero attached hydrogens (tertiary/aromatic N) is 1. The van der Waals surface area contributed by atoms with Gasteiger partial charge in [0.1, 0.15) is 0 Å². The molecule has 2 atom stereocenters. The van der Waals surface area contributed by atoms with Crippen molar-refractivity contribution in [2.75, 3.05) is 19.6 Å². The minimum Gasteiger partial charge on any atom is -0.350 e. The lowest BCUT2D eigenvalue weighted by Crippen LogP contribution is -2.48. The molecule has 4 aromatic rings. The fraction of sp³-hybridized carbons (Fsp3) is 0.312. The van der Waals surface area contributed by atoms with E-state index in [1.165, 1.54) is 10.8 Å². The Balaban J connectivity index is 1.28. The van der Waals surface area contributed by atoms with E-state index in [0.29, 0.717) is 31.7 Å². The monoisotopic (exact) mass is 508 g/mol. The van der Waals surface area contributed by atoms with Crippen molar-refractivity contribution in [3.63, 3.8) is 0 Å². The lowest BCUT2D eigenvalue weighted by atomic mass is 10.0. The molecule has 5 rings (SSSR count). The summed E-state index contributed by atoms with van der Waals surface area (Å²) in [5, 5.41) is 11.2. The molecular weight excluding hydrogens is 472 g/mol. The second-order valence-electron chi connectivity index (χ2n) is 10.2. The number of carbonyl (C=O) groups excluding carboxylic acids is 2. The van der Waals surface area contributed by atoms with Crippen LogP contribution in [-0.2, 0) is 11.3 Å². The van der Waals surface area contributed by atoms with E-state index in [1.54, 1.807) is 0 Å². The summed E-state index contributed by atoms with van der Waals surface area (Å²) in [4.78, 5) is 28.6. The van der Waals surface area contributed by atoms with Gasteiger partial charge in [0, 0.05) is 31.2 Å². The smallest absolute Gasteiger partial charge is 0.251 e. The van der Waals surface area contributed by atoms with Crippen molar-refractivity contribution in [2.24, 2.45) is 5.73 Å². The van der Waals surface area contributed by atoms with Gasteiger partial charge in [-0.25, -0.2) is 0 Å². The van der Waals surface area contributed by atoms with Crippen LogP contribution in [0.1, 0.15) is 41.6 Å². The number of carbonyl (C=O) groups is 2. The highest BCUT2D eigenvalue weighted by molar-refractivity contribution is 5.98. The Hall–Kier alpha value is -3.74. The van der Waals surface area contributed by atoms with Gasteiger partial charge in [0.25, 0.3) is 5.91 Å². The molecule has 0 radical (unpaired) electrons. The average molecular weight is 509 g/mol. The third-order valence-electron chi connectivity index (χ3n) is 7.50. The summed E-state index contributed by atoms with van der Waals surface area (Å²) in [5.74, 6) is 0.0266. The number of benzene rings is 4. The number of rotatable bonds is 9. The summed E-state index contributed by atoms with van der Waals surface area (Å²) in [5.41, 5.74) is 7.52. The van der Waals surface area contributed by atoms with Crippen LogP contribution >= 0.6 is 0 Å². The van der Waals surface area contributed by atoms with Crippen LogP contribution in [0.4, 0.5) is 0 Å². The van der Waals surface area contributed by atoms with Crippen molar-refractivity contribution in [2.45, 2.75) is 44.3 Å². The number of hydrogen-bond donors (Lipinski definition) is 3. The lowest BCUT2D eigenvalue weighted by molar-refractivity contribution is -0.133. The maximum Gasteiger partial charge on any atom is 0.251 e. The first-order valence-electron chi connectivity index (χ1n) is 13.6. The van der Waals surface area contributed by atoms with Crippen molar-refractivity contribution in [1.29, 1.82) is 0 Å². The fourth-order valence-electron chi connectivity index (χ4n) is 5.38. The molecule has 6 heteroatoms. The van der Waals surface area contributed by atoms with Crippen LogP contribution in [0.2, 0.25) is 0 Å². The van der Waals surface area contributed by atoms with E-state index < -0.39 is 0 Å². The average Bonchev–Trinajstić information content (AvgIpc) is 3.10. The highest BCUT2D eigenvalue weighted by Gasteiger charge is 2.31. The minimum absolute atomic E-state index is 0.00347. The first-order chi connectivity index (χ1) is 18.6. The largest absolute Gasteiger partial charge is 0.350 e. The minimum atomic E-state index is -0.290. The number of fused-ring (bicyclic) bond motifs is 2. The van der Waals surface area contributed by atoms with Gasteiger partial charge in [-0.15, -0.1) is 0 Å². The zero-order valence-electron chi connectivity index (χ0n) is 21.7. The van der Waals surface area contributed by atoms with Crippen LogP contribution in [0.25, 0.3) is 21.5 Å². The fourth-order valence-corrected chi connectivity index (χ4v) is 5.38. The van der Waals surface area contributed by atoms with Crippen molar-refractivity contribution in [3.8, 4) is 0 Å². The third-order valence-corrected chi connectivity index (χ3v) is 7.50. The quantitative estimate of drug-likeness (QED) is 0.288. The molecule has 6 nitrogen and oxygen atoms in total. The van der Waals surface area contributed by atoms with Gasteiger partial charge in [0.2, 0.25) is 5.91 Å². The SMILES string of the molecule is NCCCC[C@@H]1N[C@H](CNC(=O)c2ccc3ccccc3c2)CCN(Cc2cccc3ccccc23)C1=O. The summed E-state index contributed by atoms with van der Waals surface area (Å²) in [7, 11) is 0. The number of unbranched alkanes of at least 4 members (excludes halogenated alkanes) is 1. The van der Waals surface area contributed by atoms with E-state index in [-0.39, 0.29) is 23.9 Å². The zero-order chi connectivity index (χ0) is 26.3. The van der Waals surface area contributed by atoms with Gasteiger partial charge in [0.15, 0.2) is 0 Å². The van der Waals surface area contributed by atoms with Gasteiger partial charge in [0.05, 0.1) is 6.04 Å². The van der Waals surface area contributed by atoms with Gasteiger partial charge in [-0.2, -0.15) is 0 Å². The summed E-state index contributed by atoms with van der Waals surface area (Å²) in [6, 6.07) is 28.1. The lowest BCUT2D eigenvalue weighted by Gasteiger charge is -2.25. The first-order valence-corrected chi connectivity index (χ1v) is 13.6. The van der Waals surface area contributed by atoms with Crippen molar-refractivity contribution in [3.05, 3.63) is 96.1 Å². The second kappa shape index (κ2) is 12.2. The van der Waals surface area contributed by atoms with Crippen LogP contribution in [0.15, 0.2) is 84.9 Å². The molecule has 2 amide bonds. The zero-order valence-corrected chi connectivity index (χ0v) is 21.7. The Kier molecular flexibility index (Phi) is 8.31. The van der Waals surface area contributed by atoms with Crippen LogP contribution < -0.4 is 16.4 Å². The summed E-state index contributed by atoms with van der Waals surface area (Å²) in [6.07, 6.45) is 3.27. The van der Waals surface area contributed by atoms with Crippen molar-refractivity contribution in [1.82, 2.24) is 15.5 Å².